The number of hydrogen-bond donors (Lipinski definition) is 1. The van der Waals surface area contributed by atoms with E-state index in [0.29, 0.717) is 29.2 Å². The van der Waals surface area contributed by atoms with Crippen molar-refractivity contribution in [2.45, 2.75) is 20.3 Å². The summed E-state index contributed by atoms with van der Waals surface area (Å²) in [6, 6.07) is 28.2. The maximum absolute atomic E-state index is 13.4. The van der Waals surface area contributed by atoms with E-state index in [1.54, 1.807) is 41.7 Å². The first-order valence-corrected chi connectivity index (χ1v) is 13.6. The third-order valence-corrected chi connectivity index (χ3v) is 6.82. The van der Waals surface area contributed by atoms with Gasteiger partial charge in [0, 0.05) is 24.4 Å². The van der Waals surface area contributed by atoms with E-state index in [1.165, 1.54) is 10.8 Å². The number of nitrogens with one attached hydrogen (secondary N) is 1. The molecule has 0 spiro atoms. The van der Waals surface area contributed by atoms with Gasteiger partial charge in [0.2, 0.25) is 0 Å². The second kappa shape index (κ2) is 12.3. The number of anilines is 1. The Bertz CT molecular complexity index is 1840. The number of ether oxygens (including phenoxy) is 1. The SMILES string of the molecule is CCCOc1ccc(-c2nn(-c3ccccc3)cc2/C=C(\C#N)C(=O)Nc2c(C)n(C)n(-c3ccccc3)c2=O)cc1. The smallest absolute Gasteiger partial charge is 0.295 e. The van der Waals surface area contributed by atoms with Gasteiger partial charge in [0.1, 0.15) is 23.1 Å². The summed E-state index contributed by atoms with van der Waals surface area (Å²) in [5.41, 5.74) is 3.54. The van der Waals surface area contributed by atoms with Crippen molar-refractivity contribution >= 4 is 17.7 Å². The number of carbonyl (C=O) groups is 1. The minimum absolute atomic E-state index is 0.107. The summed E-state index contributed by atoms with van der Waals surface area (Å²) in [4.78, 5) is 26.7. The number of rotatable bonds is 9. The molecule has 210 valence electrons. The van der Waals surface area contributed by atoms with Crippen LogP contribution in [0.15, 0.2) is 101 Å². The normalized spacial score (nSPS) is 11.2. The number of carbonyl (C=O) groups excluding carboxylic acids is 1. The third-order valence-electron chi connectivity index (χ3n) is 6.82. The van der Waals surface area contributed by atoms with E-state index in [2.05, 4.69) is 5.32 Å². The second-order valence-corrected chi connectivity index (χ2v) is 9.65. The van der Waals surface area contributed by atoms with E-state index in [1.807, 2.05) is 85.8 Å². The Hall–Kier alpha value is -5.62. The molecule has 0 saturated heterocycles. The van der Waals surface area contributed by atoms with E-state index < -0.39 is 11.5 Å². The lowest BCUT2D eigenvalue weighted by Crippen LogP contribution is -2.23. The van der Waals surface area contributed by atoms with Gasteiger partial charge in [0.15, 0.2) is 0 Å². The Balaban J connectivity index is 1.52. The Morgan fingerprint density at radius 2 is 1.64 bits per heavy atom. The molecule has 0 atom stereocenters. The summed E-state index contributed by atoms with van der Waals surface area (Å²) in [5.74, 6) is 0.0573. The van der Waals surface area contributed by atoms with Gasteiger partial charge in [0.25, 0.3) is 11.5 Å². The molecule has 0 unspecified atom stereocenters. The lowest BCUT2D eigenvalue weighted by Gasteiger charge is -2.07. The molecule has 0 aliphatic heterocycles. The fourth-order valence-corrected chi connectivity index (χ4v) is 4.56. The van der Waals surface area contributed by atoms with E-state index in [-0.39, 0.29) is 11.3 Å². The molecule has 1 N–H and O–H groups in total. The molecule has 0 bridgehead atoms. The van der Waals surface area contributed by atoms with Crippen LogP contribution in [0.4, 0.5) is 5.69 Å². The van der Waals surface area contributed by atoms with Gasteiger partial charge >= 0.3 is 0 Å². The predicted octanol–water partition coefficient (Wildman–Crippen LogP) is 5.67. The highest BCUT2D eigenvalue weighted by Crippen LogP contribution is 2.28. The fraction of sp³-hybridized carbons (Fsp3) is 0.152. The molecule has 3 aromatic carbocycles. The van der Waals surface area contributed by atoms with Crippen molar-refractivity contribution < 1.29 is 9.53 Å². The van der Waals surface area contributed by atoms with Crippen LogP contribution >= 0.6 is 0 Å². The Morgan fingerprint density at radius 1 is 1.00 bits per heavy atom. The molecule has 0 fully saturated rings. The van der Waals surface area contributed by atoms with Gasteiger partial charge in [-0.1, -0.05) is 43.3 Å². The third kappa shape index (κ3) is 5.64. The first-order chi connectivity index (χ1) is 20.4. The van der Waals surface area contributed by atoms with Crippen molar-refractivity contribution in [2.24, 2.45) is 7.05 Å². The molecule has 2 aromatic heterocycles. The zero-order valence-electron chi connectivity index (χ0n) is 23.6. The molecule has 42 heavy (non-hydrogen) atoms. The van der Waals surface area contributed by atoms with Gasteiger partial charge in [-0.2, -0.15) is 10.4 Å². The minimum Gasteiger partial charge on any atom is -0.494 e. The zero-order chi connectivity index (χ0) is 29.6. The van der Waals surface area contributed by atoms with Crippen LogP contribution in [0.1, 0.15) is 24.6 Å². The van der Waals surface area contributed by atoms with Crippen molar-refractivity contribution in [1.82, 2.24) is 19.1 Å². The van der Waals surface area contributed by atoms with E-state index in [9.17, 15) is 14.9 Å². The maximum Gasteiger partial charge on any atom is 0.295 e. The molecular weight excluding hydrogens is 528 g/mol. The van der Waals surface area contributed by atoms with E-state index >= 15 is 0 Å². The molecule has 0 radical (unpaired) electrons. The molecule has 5 rings (SSSR count). The summed E-state index contributed by atoms with van der Waals surface area (Å²) in [6.45, 7) is 4.40. The Kier molecular flexibility index (Phi) is 8.16. The summed E-state index contributed by atoms with van der Waals surface area (Å²) in [7, 11) is 1.74. The zero-order valence-corrected chi connectivity index (χ0v) is 23.6. The summed E-state index contributed by atoms with van der Waals surface area (Å²) >= 11 is 0. The van der Waals surface area contributed by atoms with Crippen LogP contribution in [0.25, 0.3) is 28.7 Å². The van der Waals surface area contributed by atoms with E-state index in [4.69, 9.17) is 9.84 Å². The van der Waals surface area contributed by atoms with Gasteiger partial charge in [0.05, 0.1) is 29.4 Å². The second-order valence-electron chi connectivity index (χ2n) is 9.65. The number of aromatic nitrogens is 4. The van der Waals surface area contributed by atoms with Crippen molar-refractivity contribution in [3.8, 4) is 34.5 Å². The van der Waals surface area contributed by atoms with Crippen LogP contribution < -0.4 is 15.6 Å². The Labute approximate surface area is 243 Å². The molecule has 2 heterocycles. The van der Waals surface area contributed by atoms with Crippen molar-refractivity contribution in [2.75, 3.05) is 11.9 Å². The minimum atomic E-state index is -0.690. The van der Waals surface area contributed by atoms with Crippen LogP contribution in [-0.4, -0.2) is 31.7 Å². The molecule has 0 saturated carbocycles. The van der Waals surface area contributed by atoms with Crippen LogP contribution in [0, 0.1) is 18.3 Å². The standard InChI is InChI=1S/C33H30N6O3/c1-4-19-42-29-17-15-24(16-18-29)31-26(22-38(36-31)27-11-7-5-8-12-27)20-25(21-34)32(40)35-30-23(2)37(3)39(33(30)41)28-13-9-6-10-14-28/h5-18,20,22H,4,19H2,1-3H3,(H,35,40)/b25-20+. The highest BCUT2D eigenvalue weighted by atomic mass is 16.5. The number of nitrogens with zero attached hydrogens (tertiary/aromatic N) is 5. The number of amides is 1. The van der Waals surface area contributed by atoms with Crippen LogP contribution in [0.3, 0.4) is 0 Å². The van der Waals surface area contributed by atoms with Gasteiger partial charge in [-0.05, 0) is 68.0 Å². The lowest BCUT2D eigenvalue weighted by molar-refractivity contribution is -0.112. The van der Waals surface area contributed by atoms with Gasteiger partial charge in [-0.25, -0.2) is 9.36 Å². The van der Waals surface area contributed by atoms with Crippen LogP contribution in [0.5, 0.6) is 5.75 Å². The van der Waals surface area contributed by atoms with E-state index in [0.717, 1.165) is 23.4 Å². The molecule has 9 heteroatoms. The predicted molar refractivity (Wildman–Crippen MR) is 163 cm³/mol. The first-order valence-electron chi connectivity index (χ1n) is 13.6. The summed E-state index contributed by atoms with van der Waals surface area (Å²) in [6.07, 6.45) is 4.17. The van der Waals surface area contributed by atoms with Gasteiger partial charge in [-0.3, -0.25) is 14.3 Å². The monoisotopic (exact) mass is 558 g/mol. The van der Waals surface area contributed by atoms with Gasteiger partial charge < -0.3 is 10.1 Å². The molecule has 0 aliphatic rings. The van der Waals surface area contributed by atoms with Crippen LogP contribution in [0.2, 0.25) is 0 Å². The number of hydrogen-bond acceptors (Lipinski definition) is 5. The average Bonchev–Trinajstić information content (AvgIpc) is 3.54. The maximum atomic E-state index is 13.4. The Morgan fingerprint density at radius 3 is 2.26 bits per heavy atom. The molecule has 1 amide bonds. The number of benzene rings is 3. The summed E-state index contributed by atoms with van der Waals surface area (Å²) < 4.78 is 10.6. The lowest BCUT2D eigenvalue weighted by atomic mass is 10.1. The first kappa shape index (κ1) is 27.9. The van der Waals surface area contributed by atoms with Crippen LogP contribution in [-0.2, 0) is 11.8 Å². The quantitative estimate of drug-likeness (QED) is 0.185. The topological polar surface area (TPSA) is 107 Å². The highest BCUT2D eigenvalue weighted by Gasteiger charge is 2.21. The number of para-hydroxylation sites is 2. The van der Waals surface area contributed by atoms with Crippen molar-refractivity contribution in [3.63, 3.8) is 0 Å². The number of nitriles is 1. The largest absolute Gasteiger partial charge is 0.494 e. The highest BCUT2D eigenvalue weighted by molar-refractivity contribution is 6.10. The van der Waals surface area contributed by atoms with Crippen molar-refractivity contribution in [3.05, 3.63) is 118 Å². The average molecular weight is 559 g/mol. The molecule has 5 aromatic rings. The van der Waals surface area contributed by atoms with Gasteiger partial charge in [-0.15, -0.1) is 0 Å². The molecular formula is C33H30N6O3. The fourth-order valence-electron chi connectivity index (χ4n) is 4.56. The molecule has 9 nitrogen and oxygen atoms in total. The molecule has 0 aliphatic carbocycles. The van der Waals surface area contributed by atoms with Crippen molar-refractivity contribution in [1.29, 1.82) is 5.26 Å². The summed E-state index contributed by atoms with van der Waals surface area (Å²) in [5, 5.41) is 17.5.